The Kier molecular flexibility index (Phi) is 4.96. The zero-order valence-corrected chi connectivity index (χ0v) is 11.2. The first kappa shape index (κ1) is 13.3. The van der Waals surface area contributed by atoms with Crippen molar-refractivity contribution in [2.45, 2.75) is 38.6 Å². The minimum Gasteiger partial charge on any atom is -0.308 e. The lowest BCUT2D eigenvalue weighted by atomic mass is 9.89. The van der Waals surface area contributed by atoms with Gasteiger partial charge in [0.25, 0.3) is 0 Å². The van der Waals surface area contributed by atoms with Gasteiger partial charge in [0, 0.05) is 19.3 Å². The van der Waals surface area contributed by atoms with Crippen molar-refractivity contribution in [2.24, 2.45) is 11.8 Å². The summed E-state index contributed by atoms with van der Waals surface area (Å²) in [5, 5.41) is 0. The average Bonchev–Trinajstić information content (AvgIpc) is 2.40. The normalized spacial score (nSPS) is 17.1. The summed E-state index contributed by atoms with van der Waals surface area (Å²) in [7, 11) is 2.20. The Balaban J connectivity index is 1.83. The van der Waals surface area contributed by atoms with Gasteiger partial charge in [-0.05, 0) is 43.5 Å². The lowest BCUT2D eigenvalue weighted by molar-refractivity contribution is 0.228. The van der Waals surface area contributed by atoms with Crippen LogP contribution in [0.1, 0.15) is 37.7 Å². The fourth-order valence-corrected chi connectivity index (χ4v) is 2.84. The van der Waals surface area contributed by atoms with Gasteiger partial charge in [-0.25, -0.2) is 10.8 Å². The van der Waals surface area contributed by atoms with Gasteiger partial charge in [0.2, 0.25) is 0 Å². The van der Waals surface area contributed by atoms with Crippen LogP contribution >= 0.6 is 0 Å². The summed E-state index contributed by atoms with van der Waals surface area (Å²) in [6.45, 7) is 2.17. The number of nitrogens with zero attached hydrogens (tertiary/aromatic N) is 2. The van der Waals surface area contributed by atoms with E-state index < -0.39 is 0 Å². The molecular weight excluding hydrogens is 224 g/mol. The quantitative estimate of drug-likeness (QED) is 0.620. The molecule has 1 aromatic rings. The summed E-state index contributed by atoms with van der Waals surface area (Å²) in [5.41, 5.74) is 3.85. The van der Waals surface area contributed by atoms with Crippen molar-refractivity contribution < 1.29 is 0 Å². The number of pyridine rings is 1. The van der Waals surface area contributed by atoms with Crippen LogP contribution in [0.5, 0.6) is 0 Å². The predicted octanol–water partition coefficient (Wildman–Crippen LogP) is 2.38. The van der Waals surface area contributed by atoms with Gasteiger partial charge in [-0.2, -0.15) is 0 Å². The van der Waals surface area contributed by atoms with Crippen LogP contribution in [0.25, 0.3) is 0 Å². The fourth-order valence-electron chi connectivity index (χ4n) is 2.84. The lowest BCUT2D eigenvalue weighted by Crippen LogP contribution is -2.26. The van der Waals surface area contributed by atoms with Gasteiger partial charge in [-0.15, -0.1) is 0 Å². The molecule has 0 bridgehead atoms. The van der Waals surface area contributed by atoms with Crippen molar-refractivity contribution in [1.29, 1.82) is 0 Å². The lowest BCUT2D eigenvalue weighted by Gasteiger charge is -2.27. The van der Waals surface area contributed by atoms with Crippen LogP contribution in [-0.2, 0) is 6.54 Å². The van der Waals surface area contributed by atoms with Crippen LogP contribution in [0.15, 0.2) is 18.3 Å². The molecule has 3 N–H and O–H groups in total. The summed E-state index contributed by atoms with van der Waals surface area (Å²) in [4.78, 5) is 6.53. The van der Waals surface area contributed by atoms with Crippen molar-refractivity contribution in [3.8, 4) is 0 Å². The molecule has 0 amide bonds. The van der Waals surface area contributed by atoms with Crippen LogP contribution in [0.3, 0.4) is 0 Å². The number of anilines is 1. The standard InChI is InChI=1S/C14H24N4/c1-18(10-12-5-3-2-4-6-12)11-13-7-8-16-14(9-13)17-15/h7-9,12H,2-6,10-11,15H2,1H3,(H,16,17). The first-order valence-corrected chi connectivity index (χ1v) is 6.88. The van der Waals surface area contributed by atoms with E-state index in [2.05, 4.69) is 28.4 Å². The summed E-state index contributed by atoms with van der Waals surface area (Å²) >= 11 is 0. The van der Waals surface area contributed by atoms with Crippen LogP contribution in [-0.4, -0.2) is 23.5 Å². The molecule has 1 heterocycles. The molecule has 1 aliphatic carbocycles. The Labute approximate surface area is 110 Å². The largest absolute Gasteiger partial charge is 0.308 e. The maximum atomic E-state index is 5.37. The van der Waals surface area contributed by atoms with E-state index in [0.717, 1.165) is 18.3 Å². The molecule has 0 saturated heterocycles. The van der Waals surface area contributed by atoms with E-state index in [-0.39, 0.29) is 0 Å². The molecule has 1 saturated carbocycles. The zero-order chi connectivity index (χ0) is 12.8. The molecule has 0 atom stereocenters. The van der Waals surface area contributed by atoms with Crippen molar-refractivity contribution in [1.82, 2.24) is 9.88 Å². The van der Waals surface area contributed by atoms with E-state index in [9.17, 15) is 0 Å². The molecule has 0 radical (unpaired) electrons. The van der Waals surface area contributed by atoms with Crippen molar-refractivity contribution in [3.05, 3.63) is 23.9 Å². The Morgan fingerprint density at radius 1 is 1.39 bits per heavy atom. The molecule has 0 spiro atoms. The molecule has 4 nitrogen and oxygen atoms in total. The van der Waals surface area contributed by atoms with Gasteiger partial charge in [0.1, 0.15) is 5.82 Å². The molecule has 1 aromatic heterocycles. The fraction of sp³-hybridized carbons (Fsp3) is 0.643. The van der Waals surface area contributed by atoms with E-state index in [1.54, 1.807) is 6.20 Å². The van der Waals surface area contributed by atoms with E-state index in [1.807, 2.05) is 6.07 Å². The second-order valence-corrected chi connectivity index (χ2v) is 5.39. The van der Waals surface area contributed by atoms with E-state index in [4.69, 9.17) is 5.84 Å². The average molecular weight is 248 g/mol. The summed E-state index contributed by atoms with van der Waals surface area (Å²) in [5.74, 6) is 6.99. The van der Waals surface area contributed by atoms with Gasteiger partial charge in [0.05, 0.1) is 0 Å². The summed E-state index contributed by atoms with van der Waals surface area (Å²) < 4.78 is 0. The highest BCUT2D eigenvalue weighted by Gasteiger charge is 2.15. The summed E-state index contributed by atoms with van der Waals surface area (Å²) in [6.07, 6.45) is 8.85. The predicted molar refractivity (Wildman–Crippen MR) is 75.0 cm³/mol. The topological polar surface area (TPSA) is 54.2 Å². The third kappa shape index (κ3) is 3.96. The number of hydrazine groups is 1. The minimum atomic E-state index is 0.735. The van der Waals surface area contributed by atoms with Crippen molar-refractivity contribution >= 4 is 5.82 Å². The molecule has 0 aromatic carbocycles. The number of hydrogen-bond acceptors (Lipinski definition) is 4. The third-order valence-corrected chi connectivity index (χ3v) is 3.72. The van der Waals surface area contributed by atoms with E-state index in [1.165, 1.54) is 44.2 Å². The second kappa shape index (κ2) is 6.71. The van der Waals surface area contributed by atoms with E-state index in [0.29, 0.717) is 0 Å². The van der Waals surface area contributed by atoms with Crippen LogP contribution in [0.2, 0.25) is 0 Å². The molecule has 0 unspecified atom stereocenters. The molecule has 0 aliphatic heterocycles. The van der Waals surface area contributed by atoms with E-state index >= 15 is 0 Å². The number of nitrogens with one attached hydrogen (secondary N) is 1. The highest BCUT2D eigenvalue weighted by Crippen LogP contribution is 2.24. The Morgan fingerprint density at radius 2 is 2.17 bits per heavy atom. The van der Waals surface area contributed by atoms with Gasteiger partial charge in [0.15, 0.2) is 0 Å². The minimum absolute atomic E-state index is 0.735. The second-order valence-electron chi connectivity index (χ2n) is 5.39. The Bertz CT molecular complexity index is 361. The first-order chi connectivity index (χ1) is 8.78. The van der Waals surface area contributed by atoms with Gasteiger partial charge in [-0.3, -0.25) is 0 Å². The zero-order valence-electron chi connectivity index (χ0n) is 11.2. The third-order valence-electron chi connectivity index (χ3n) is 3.72. The number of hydrogen-bond donors (Lipinski definition) is 2. The smallest absolute Gasteiger partial charge is 0.140 e. The van der Waals surface area contributed by atoms with Crippen molar-refractivity contribution in [2.75, 3.05) is 19.0 Å². The number of nitrogens with two attached hydrogens (primary N) is 1. The Morgan fingerprint density at radius 3 is 2.89 bits per heavy atom. The molecule has 18 heavy (non-hydrogen) atoms. The molecule has 1 aliphatic rings. The maximum absolute atomic E-state index is 5.37. The Hall–Kier alpha value is -1.13. The van der Waals surface area contributed by atoms with Gasteiger partial charge < -0.3 is 10.3 Å². The van der Waals surface area contributed by atoms with Crippen molar-refractivity contribution in [3.63, 3.8) is 0 Å². The van der Waals surface area contributed by atoms with Crippen LogP contribution in [0, 0.1) is 5.92 Å². The number of aromatic nitrogens is 1. The van der Waals surface area contributed by atoms with Crippen LogP contribution in [0.4, 0.5) is 5.82 Å². The molecule has 4 heteroatoms. The maximum Gasteiger partial charge on any atom is 0.140 e. The van der Waals surface area contributed by atoms with Gasteiger partial charge >= 0.3 is 0 Å². The SMILES string of the molecule is CN(Cc1ccnc(NN)c1)CC1CCCCC1. The monoisotopic (exact) mass is 248 g/mol. The molecule has 2 rings (SSSR count). The number of rotatable bonds is 5. The molecule has 1 fully saturated rings. The molecule has 100 valence electrons. The first-order valence-electron chi connectivity index (χ1n) is 6.88. The number of nitrogen functional groups attached to an aromatic ring is 1. The highest BCUT2D eigenvalue weighted by molar-refractivity contribution is 5.35. The molecular formula is C14H24N4. The summed E-state index contributed by atoms with van der Waals surface area (Å²) in [6, 6.07) is 4.07. The van der Waals surface area contributed by atoms with Crippen LogP contribution < -0.4 is 11.3 Å². The van der Waals surface area contributed by atoms with Gasteiger partial charge in [-0.1, -0.05) is 19.3 Å². The highest BCUT2D eigenvalue weighted by atomic mass is 15.2.